The summed E-state index contributed by atoms with van der Waals surface area (Å²) >= 11 is 0. The maximum Gasteiger partial charge on any atom is 0.308 e. The molecule has 0 heterocycles. The van der Waals surface area contributed by atoms with Gasteiger partial charge in [-0.3, -0.25) is 9.59 Å². The zero-order valence-electron chi connectivity index (χ0n) is 8.74. The monoisotopic (exact) mass is 207 g/mol. The van der Waals surface area contributed by atoms with Gasteiger partial charge in [-0.2, -0.15) is 0 Å². The fourth-order valence-electron chi connectivity index (χ4n) is 1.07. The van der Waals surface area contributed by atoms with Gasteiger partial charge in [0.2, 0.25) is 5.91 Å². The molecule has 0 atom stereocenters. The third-order valence-corrected chi connectivity index (χ3v) is 1.73. The summed E-state index contributed by atoms with van der Waals surface area (Å²) in [5.41, 5.74) is 0.959. The lowest BCUT2D eigenvalue weighted by Crippen LogP contribution is -2.18. The van der Waals surface area contributed by atoms with Crippen LogP contribution >= 0.6 is 0 Å². The molecule has 1 amide bonds. The van der Waals surface area contributed by atoms with Crippen molar-refractivity contribution in [3.8, 4) is 5.75 Å². The number of ether oxygens (including phenoxy) is 1. The summed E-state index contributed by atoms with van der Waals surface area (Å²) in [5, 5.41) is 2.68. The maximum atomic E-state index is 10.6. The van der Waals surface area contributed by atoms with Crippen LogP contribution in [0.15, 0.2) is 24.3 Å². The average Bonchev–Trinajstić information content (AvgIpc) is 2.16. The fraction of sp³-hybridized carbons (Fsp3) is 0.273. The van der Waals surface area contributed by atoms with Gasteiger partial charge in [0.25, 0.3) is 0 Å². The van der Waals surface area contributed by atoms with Crippen molar-refractivity contribution >= 4 is 11.9 Å². The summed E-state index contributed by atoms with van der Waals surface area (Å²) in [5.74, 6) is 0.0951. The number of carbonyl (C=O) groups is 2. The molecule has 0 saturated heterocycles. The number of amides is 1. The second kappa shape index (κ2) is 5.14. The van der Waals surface area contributed by atoms with Gasteiger partial charge < -0.3 is 10.1 Å². The highest BCUT2D eigenvalue weighted by Crippen LogP contribution is 2.12. The quantitative estimate of drug-likeness (QED) is 0.599. The van der Waals surface area contributed by atoms with Gasteiger partial charge in [0.05, 0.1) is 0 Å². The van der Waals surface area contributed by atoms with Crippen molar-refractivity contribution in [3.05, 3.63) is 29.8 Å². The smallest absolute Gasteiger partial charge is 0.308 e. The first-order valence-electron chi connectivity index (χ1n) is 4.59. The molecule has 0 aliphatic carbocycles. The molecule has 4 heteroatoms. The Morgan fingerprint density at radius 3 is 2.27 bits per heavy atom. The molecule has 4 nitrogen and oxygen atoms in total. The number of esters is 1. The van der Waals surface area contributed by atoms with E-state index in [2.05, 4.69) is 5.32 Å². The van der Waals surface area contributed by atoms with Crippen molar-refractivity contribution in [2.45, 2.75) is 20.4 Å². The zero-order valence-corrected chi connectivity index (χ0v) is 8.74. The minimum atomic E-state index is -0.343. The van der Waals surface area contributed by atoms with Crippen LogP contribution in [-0.4, -0.2) is 11.9 Å². The highest BCUT2D eigenvalue weighted by molar-refractivity contribution is 5.72. The van der Waals surface area contributed by atoms with Gasteiger partial charge in [0, 0.05) is 20.4 Å². The number of carbonyl (C=O) groups excluding carboxylic acids is 2. The second-order valence-corrected chi connectivity index (χ2v) is 3.15. The van der Waals surface area contributed by atoms with E-state index >= 15 is 0 Å². The summed E-state index contributed by atoms with van der Waals surface area (Å²) in [6.07, 6.45) is 0. The molecule has 1 N–H and O–H groups in total. The van der Waals surface area contributed by atoms with Crippen LogP contribution in [-0.2, 0) is 16.1 Å². The van der Waals surface area contributed by atoms with Gasteiger partial charge in [0.15, 0.2) is 0 Å². The lowest BCUT2D eigenvalue weighted by molar-refractivity contribution is -0.131. The lowest BCUT2D eigenvalue weighted by atomic mass is 10.2. The number of hydrogen-bond donors (Lipinski definition) is 1. The van der Waals surface area contributed by atoms with E-state index in [1.807, 2.05) is 0 Å². The van der Waals surface area contributed by atoms with Gasteiger partial charge in [0.1, 0.15) is 5.75 Å². The third-order valence-electron chi connectivity index (χ3n) is 1.73. The highest BCUT2D eigenvalue weighted by Gasteiger charge is 1.98. The van der Waals surface area contributed by atoms with Crippen LogP contribution in [0, 0.1) is 0 Å². The van der Waals surface area contributed by atoms with Crippen LogP contribution in [0.3, 0.4) is 0 Å². The molecule has 0 saturated carbocycles. The number of rotatable bonds is 3. The second-order valence-electron chi connectivity index (χ2n) is 3.15. The lowest BCUT2D eigenvalue weighted by Gasteiger charge is -2.04. The Kier molecular flexibility index (Phi) is 3.85. The Bertz CT molecular complexity index is 357. The van der Waals surface area contributed by atoms with Crippen molar-refractivity contribution in [1.29, 1.82) is 0 Å². The number of nitrogens with one attached hydrogen (secondary N) is 1. The van der Waals surface area contributed by atoms with Crippen LogP contribution < -0.4 is 10.1 Å². The van der Waals surface area contributed by atoms with E-state index in [0.29, 0.717) is 12.3 Å². The molecule has 0 aromatic heterocycles. The van der Waals surface area contributed by atoms with Crippen molar-refractivity contribution in [2.24, 2.45) is 0 Å². The van der Waals surface area contributed by atoms with Crippen LogP contribution in [0.2, 0.25) is 0 Å². The topological polar surface area (TPSA) is 55.4 Å². The summed E-state index contributed by atoms with van der Waals surface area (Å²) in [6.45, 7) is 3.30. The number of benzene rings is 1. The SMILES string of the molecule is CC(=O)NCc1ccc(OC(C)=O)cc1. The Labute approximate surface area is 88.2 Å². The molecular formula is C11H13NO3. The molecule has 15 heavy (non-hydrogen) atoms. The molecule has 0 bridgehead atoms. The van der Waals surface area contributed by atoms with Gasteiger partial charge in [-0.25, -0.2) is 0 Å². The van der Waals surface area contributed by atoms with E-state index in [9.17, 15) is 9.59 Å². The normalized spacial score (nSPS) is 9.47. The molecule has 0 aliphatic rings. The van der Waals surface area contributed by atoms with Gasteiger partial charge in [-0.05, 0) is 17.7 Å². The predicted octanol–water partition coefficient (Wildman–Crippen LogP) is 1.25. The first-order valence-corrected chi connectivity index (χ1v) is 4.59. The number of hydrogen-bond acceptors (Lipinski definition) is 3. The van der Waals surface area contributed by atoms with Gasteiger partial charge in [-0.15, -0.1) is 0 Å². The van der Waals surface area contributed by atoms with Gasteiger partial charge in [-0.1, -0.05) is 12.1 Å². The standard InChI is InChI=1S/C11H13NO3/c1-8(13)12-7-10-3-5-11(6-4-10)15-9(2)14/h3-6H,7H2,1-2H3,(H,12,13). The molecule has 0 aliphatic heterocycles. The Hall–Kier alpha value is -1.84. The predicted molar refractivity (Wildman–Crippen MR) is 55.3 cm³/mol. The van der Waals surface area contributed by atoms with Crippen molar-refractivity contribution < 1.29 is 14.3 Å². The molecule has 1 rings (SSSR count). The molecular weight excluding hydrogens is 194 g/mol. The molecule has 1 aromatic rings. The molecule has 80 valence electrons. The van der Waals surface area contributed by atoms with Crippen LogP contribution in [0.25, 0.3) is 0 Å². The largest absolute Gasteiger partial charge is 0.427 e. The molecule has 0 unspecified atom stereocenters. The average molecular weight is 207 g/mol. The van der Waals surface area contributed by atoms with Crippen molar-refractivity contribution in [2.75, 3.05) is 0 Å². The minimum absolute atomic E-state index is 0.0703. The maximum absolute atomic E-state index is 10.6. The van der Waals surface area contributed by atoms with E-state index in [-0.39, 0.29) is 11.9 Å². The fourth-order valence-corrected chi connectivity index (χ4v) is 1.07. The Balaban J connectivity index is 2.56. The summed E-state index contributed by atoms with van der Waals surface area (Å²) in [7, 11) is 0. The van der Waals surface area contributed by atoms with Crippen LogP contribution in [0.1, 0.15) is 19.4 Å². The van der Waals surface area contributed by atoms with E-state index in [4.69, 9.17) is 4.74 Å². The van der Waals surface area contributed by atoms with Crippen molar-refractivity contribution in [3.63, 3.8) is 0 Å². The summed E-state index contributed by atoms with van der Waals surface area (Å²) in [4.78, 5) is 21.3. The van der Waals surface area contributed by atoms with E-state index in [1.54, 1.807) is 24.3 Å². The summed E-state index contributed by atoms with van der Waals surface area (Å²) in [6, 6.07) is 6.99. The molecule has 0 spiro atoms. The zero-order chi connectivity index (χ0) is 11.3. The first-order chi connectivity index (χ1) is 7.08. The third kappa shape index (κ3) is 4.26. The molecule has 1 aromatic carbocycles. The highest BCUT2D eigenvalue weighted by atomic mass is 16.5. The van der Waals surface area contributed by atoms with Crippen LogP contribution in [0.5, 0.6) is 5.75 Å². The minimum Gasteiger partial charge on any atom is -0.427 e. The van der Waals surface area contributed by atoms with E-state index < -0.39 is 0 Å². The Morgan fingerprint density at radius 2 is 1.80 bits per heavy atom. The molecule has 0 radical (unpaired) electrons. The van der Waals surface area contributed by atoms with E-state index in [1.165, 1.54) is 13.8 Å². The Morgan fingerprint density at radius 1 is 1.20 bits per heavy atom. The van der Waals surface area contributed by atoms with Gasteiger partial charge >= 0.3 is 5.97 Å². The van der Waals surface area contributed by atoms with Crippen molar-refractivity contribution in [1.82, 2.24) is 5.32 Å². The molecule has 0 fully saturated rings. The van der Waals surface area contributed by atoms with Crippen LogP contribution in [0.4, 0.5) is 0 Å². The first kappa shape index (κ1) is 11.2. The van der Waals surface area contributed by atoms with E-state index in [0.717, 1.165) is 5.56 Å². The summed E-state index contributed by atoms with van der Waals surface area (Å²) < 4.78 is 4.87.